The van der Waals surface area contributed by atoms with Crippen LogP contribution in [0.4, 0.5) is 0 Å². The van der Waals surface area contributed by atoms with Gasteiger partial charge in [-0.2, -0.15) is 0 Å². The van der Waals surface area contributed by atoms with Crippen LogP contribution in [0.3, 0.4) is 0 Å². The summed E-state index contributed by atoms with van der Waals surface area (Å²) in [7, 11) is -2.33. The third-order valence-electron chi connectivity index (χ3n) is 5.59. The highest BCUT2D eigenvalue weighted by atomic mass is 28.4. The molecule has 1 unspecified atom stereocenters. The predicted molar refractivity (Wildman–Crippen MR) is 125 cm³/mol. The summed E-state index contributed by atoms with van der Waals surface area (Å²) in [6.07, 6.45) is 2.99. The maximum absolute atomic E-state index is 6.56. The second-order valence-electron chi connectivity index (χ2n) is 8.14. The third kappa shape index (κ3) is 5.91. The van der Waals surface area contributed by atoms with Gasteiger partial charge in [-0.15, -0.1) is 5.16 Å². The Morgan fingerprint density at radius 2 is 1.23 bits per heavy atom. The standard InChI is InChI=1S/C26H29NO2Si/c1-4-10-23(11-5-1)20-30(21-24-12-6-2-7-13-24,22-25-14-8-3-9-15-25)29-27-18-26-16-17-28-19-26/h1-15,18,26H,16-17,19-22H2/b27-18+. The van der Waals surface area contributed by atoms with Crippen molar-refractivity contribution in [1.29, 1.82) is 0 Å². The summed E-state index contributed by atoms with van der Waals surface area (Å²) in [5.41, 5.74) is 3.95. The van der Waals surface area contributed by atoms with Gasteiger partial charge in [0, 0.05) is 36.9 Å². The number of benzene rings is 3. The molecule has 1 saturated heterocycles. The van der Waals surface area contributed by atoms with E-state index in [2.05, 4.69) is 96.2 Å². The predicted octanol–water partition coefficient (Wildman–Crippen LogP) is 5.32. The highest BCUT2D eigenvalue weighted by Gasteiger charge is 2.39. The van der Waals surface area contributed by atoms with E-state index >= 15 is 0 Å². The Bertz CT molecular complexity index is 808. The number of nitrogens with zero attached hydrogens (tertiary/aromatic N) is 1. The largest absolute Gasteiger partial charge is 0.454 e. The lowest BCUT2D eigenvalue weighted by molar-refractivity contribution is 0.193. The Morgan fingerprint density at radius 3 is 1.63 bits per heavy atom. The van der Waals surface area contributed by atoms with E-state index in [0.29, 0.717) is 5.92 Å². The van der Waals surface area contributed by atoms with E-state index in [1.807, 2.05) is 6.21 Å². The minimum absolute atomic E-state index is 0.363. The lowest BCUT2D eigenvalue weighted by atomic mass is 10.1. The molecule has 30 heavy (non-hydrogen) atoms. The van der Waals surface area contributed by atoms with Gasteiger partial charge in [-0.05, 0) is 23.1 Å². The first kappa shape index (κ1) is 20.6. The zero-order chi connectivity index (χ0) is 20.5. The van der Waals surface area contributed by atoms with E-state index in [0.717, 1.165) is 37.8 Å². The van der Waals surface area contributed by atoms with Crippen molar-refractivity contribution in [3.05, 3.63) is 108 Å². The molecule has 0 amide bonds. The van der Waals surface area contributed by atoms with Crippen LogP contribution in [0.25, 0.3) is 0 Å². The zero-order valence-electron chi connectivity index (χ0n) is 17.3. The van der Waals surface area contributed by atoms with Crippen LogP contribution in [-0.2, 0) is 27.4 Å². The van der Waals surface area contributed by atoms with Crippen LogP contribution in [0.5, 0.6) is 0 Å². The van der Waals surface area contributed by atoms with Crippen molar-refractivity contribution in [3.63, 3.8) is 0 Å². The lowest BCUT2D eigenvalue weighted by Crippen LogP contribution is -2.46. The van der Waals surface area contributed by atoms with Gasteiger partial charge in [-0.25, -0.2) is 0 Å². The van der Waals surface area contributed by atoms with Gasteiger partial charge >= 0.3 is 0 Å². The van der Waals surface area contributed by atoms with Crippen LogP contribution < -0.4 is 0 Å². The van der Waals surface area contributed by atoms with Crippen molar-refractivity contribution < 1.29 is 9.26 Å². The van der Waals surface area contributed by atoms with Gasteiger partial charge in [-0.1, -0.05) is 91.0 Å². The van der Waals surface area contributed by atoms with Gasteiger partial charge in [0.05, 0.1) is 6.61 Å². The maximum Gasteiger partial charge on any atom is 0.300 e. The minimum Gasteiger partial charge on any atom is -0.454 e. The van der Waals surface area contributed by atoms with Gasteiger partial charge in [0.2, 0.25) is 0 Å². The van der Waals surface area contributed by atoms with Gasteiger partial charge in [-0.3, -0.25) is 0 Å². The Hall–Kier alpha value is -2.69. The first-order chi connectivity index (χ1) is 14.8. The fourth-order valence-corrected chi connectivity index (χ4v) is 7.88. The topological polar surface area (TPSA) is 30.8 Å². The SMILES string of the molecule is C(=N\O[Si](Cc1ccccc1)(Cc1ccccc1)Cc1ccccc1)/C1CCOC1. The molecule has 4 heteroatoms. The summed E-state index contributed by atoms with van der Waals surface area (Å²) in [6.45, 7) is 1.56. The Morgan fingerprint density at radius 1 is 0.767 bits per heavy atom. The fraction of sp³-hybridized carbons (Fsp3) is 0.269. The van der Waals surface area contributed by atoms with Crippen LogP contribution in [-0.4, -0.2) is 27.7 Å². The number of ether oxygens (including phenoxy) is 1. The summed E-state index contributed by atoms with van der Waals surface area (Å²) in [6, 6.07) is 34.9. The van der Waals surface area contributed by atoms with Crippen molar-refractivity contribution >= 4 is 14.5 Å². The van der Waals surface area contributed by atoms with E-state index in [1.165, 1.54) is 16.7 Å². The number of oxime groups is 1. The van der Waals surface area contributed by atoms with Crippen LogP contribution in [0.2, 0.25) is 0 Å². The van der Waals surface area contributed by atoms with Gasteiger partial charge in [0.1, 0.15) is 0 Å². The molecule has 3 aromatic rings. The van der Waals surface area contributed by atoms with E-state index in [1.54, 1.807) is 0 Å². The monoisotopic (exact) mass is 415 g/mol. The van der Waals surface area contributed by atoms with Crippen LogP contribution >= 0.6 is 0 Å². The van der Waals surface area contributed by atoms with E-state index in [9.17, 15) is 0 Å². The summed E-state index contributed by atoms with van der Waals surface area (Å²) < 4.78 is 12.0. The first-order valence-corrected chi connectivity index (χ1v) is 13.3. The average Bonchev–Trinajstić information content (AvgIpc) is 3.29. The molecule has 0 radical (unpaired) electrons. The minimum atomic E-state index is -2.33. The van der Waals surface area contributed by atoms with Crippen LogP contribution in [0, 0.1) is 5.92 Å². The van der Waals surface area contributed by atoms with Crippen LogP contribution in [0.15, 0.2) is 96.2 Å². The lowest BCUT2D eigenvalue weighted by Gasteiger charge is -2.29. The molecular formula is C26H29NO2Si. The highest BCUT2D eigenvalue weighted by Crippen LogP contribution is 2.24. The number of hydrogen-bond acceptors (Lipinski definition) is 3. The molecule has 1 fully saturated rings. The van der Waals surface area contributed by atoms with Crippen LogP contribution in [0.1, 0.15) is 23.1 Å². The van der Waals surface area contributed by atoms with Crippen molar-refractivity contribution in [3.8, 4) is 0 Å². The molecule has 0 N–H and O–H groups in total. The molecule has 0 bridgehead atoms. The van der Waals surface area contributed by atoms with Gasteiger partial charge < -0.3 is 9.26 Å². The molecule has 1 atom stereocenters. The van der Waals surface area contributed by atoms with Crippen molar-refractivity contribution in [2.45, 2.75) is 24.6 Å². The molecule has 154 valence electrons. The molecule has 0 saturated carbocycles. The van der Waals surface area contributed by atoms with Gasteiger partial charge in [0.15, 0.2) is 0 Å². The molecule has 4 rings (SSSR count). The Labute approximate surface area is 180 Å². The summed E-state index contributed by atoms with van der Waals surface area (Å²) in [4.78, 5) is 0. The normalized spacial score (nSPS) is 16.7. The average molecular weight is 416 g/mol. The quantitative estimate of drug-likeness (QED) is 0.269. The van der Waals surface area contributed by atoms with Gasteiger partial charge in [0.25, 0.3) is 8.32 Å². The fourth-order valence-electron chi connectivity index (χ4n) is 4.09. The summed E-state index contributed by atoms with van der Waals surface area (Å²) in [5, 5.41) is 4.57. The zero-order valence-corrected chi connectivity index (χ0v) is 18.3. The number of rotatable bonds is 9. The first-order valence-electron chi connectivity index (χ1n) is 10.7. The summed E-state index contributed by atoms with van der Waals surface area (Å²) >= 11 is 0. The maximum atomic E-state index is 6.56. The van der Waals surface area contributed by atoms with Crippen molar-refractivity contribution in [2.24, 2.45) is 11.1 Å². The van der Waals surface area contributed by atoms with Crippen molar-refractivity contribution in [1.82, 2.24) is 0 Å². The molecule has 0 aromatic heterocycles. The summed E-state index contributed by atoms with van der Waals surface area (Å²) in [5.74, 6) is 0.363. The molecule has 0 spiro atoms. The second kappa shape index (κ2) is 10.4. The third-order valence-corrected chi connectivity index (χ3v) is 9.24. The molecule has 3 nitrogen and oxygen atoms in total. The molecular weight excluding hydrogens is 386 g/mol. The molecule has 1 aliphatic rings. The molecule has 0 aliphatic carbocycles. The van der Waals surface area contributed by atoms with E-state index < -0.39 is 8.32 Å². The molecule has 1 aliphatic heterocycles. The Kier molecular flexibility index (Phi) is 7.11. The van der Waals surface area contributed by atoms with Crippen molar-refractivity contribution in [2.75, 3.05) is 13.2 Å². The molecule has 3 aromatic carbocycles. The number of hydrogen-bond donors (Lipinski definition) is 0. The van der Waals surface area contributed by atoms with E-state index in [-0.39, 0.29) is 0 Å². The second-order valence-corrected chi connectivity index (χ2v) is 11.7. The highest BCUT2D eigenvalue weighted by molar-refractivity contribution is 6.72. The smallest absolute Gasteiger partial charge is 0.300 e. The van der Waals surface area contributed by atoms with E-state index in [4.69, 9.17) is 9.26 Å². The molecule has 1 heterocycles. The Balaban J connectivity index is 1.65.